The molecule has 0 radical (unpaired) electrons. The fourth-order valence-corrected chi connectivity index (χ4v) is 8.59. The molecule has 9 amide bonds. The Kier molecular flexibility index (Phi) is 19.7. The van der Waals surface area contributed by atoms with Crippen LogP contribution in [0.4, 0.5) is 4.79 Å². The first-order valence-corrected chi connectivity index (χ1v) is 22.0. The third kappa shape index (κ3) is 15.7. The van der Waals surface area contributed by atoms with Crippen LogP contribution in [-0.2, 0) is 43.1 Å². The van der Waals surface area contributed by atoms with Gasteiger partial charge in [0.2, 0.25) is 47.3 Å². The number of hydrogen-bond donors (Lipinski definition) is 6. The van der Waals surface area contributed by atoms with E-state index in [1.807, 2.05) is 27.7 Å². The van der Waals surface area contributed by atoms with Crippen molar-refractivity contribution in [2.75, 3.05) is 65.9 Å². The lowest BCUT2D eigenvalue weighted by molar-refractivity contribution is -0.147. The van der Waals surface area contributed by atoms with Crippen LogP contribution < -0.4 is 32.3 Å². The Hall–Kier alpha value is -4.31. The van der Waals surface area contributed by atoms with Crippen molar-refractivity contribution in [3.8, 4) is 0 Å². The first-order valence-electron chi connectivity index (χ1n) is 19.5. The van der Waals surface area contributed by atoms with Crippen molar-refractivity contribution in [3.63, 3.8) is 0 Å². The summed E-state index contributed by atoms with van der Waals surface area (Å²) in [6, 6.07) is -7.24. The molecule has 22 heteroatoms. The molecular weight excluding hydrogens is 809 g/mol. The molecule has 2 bridgehead atoms. The van der Waals surface area contributed by atoms with E-state index < -0.39 is 115 Å². The van der Waals surface area contributed by atoms with Gasteiger partial charge in [-0.2, -0.15) is 0 Å². The zero-order valence-corrected chi connectivity index (χ0v) is 37.7. The highest BCUT2D eigenvalue weighted by Crippen LogP contribution is 2.28. The maximum Gasteiger partial charge on any atom is 0.408 e. The van der Waals surface area contributed by atoms with E-state index in [2.05, 4.69) is 26.6 Å². The number of alkyl carbamates (subject to hydrolysis) is 1. The predicted octanol–water partition coefficient (Wildman–Crippen LogP) is -1.52. The van der Waals surface area contributed by atoms with Crippen LogP contribution in [0.25, 0.3) is 0 Å². The summed E-state index contributed by atoms with van der Waals surface area (Å²) < 4.78 is 5.34. The van der Waals surface area contributed by atoms with Gasteiger partial charge in [0.1, 0.15) is 41.9 Å². The summed E-state index contributed by atoms with van der Waals surface area (Å²) in [6.07, 6.45) is -0.576. The third-order valence-corrected chi connectivity index (χ3v) is 12.0. The quantitative estimate of drug-likeness (QED) is 0.172. The average Bonchev–Trinajstić information content (AvgIpc) is 3.15. The molecule has 2 heterocycles. The maximum absolute atomic E-state index is 14.4. The SMILES string of the molecule is CC(C)C[C@H]1C(=O)NC[C@@H](NC(=O)OC(C)(C)C)C(=O)NCC(=O)N(C)[C@H]2CSSC[C@@H](C(=O)N1C)N(C)C(=O)CNC(=O)[C@H](N)CNC(=O)[C@H](CC(C)C)N(C)C2=O. The van der Waals surface area contributed by atoms with Gasteiger partial charge >= 0.3 is 6.09 Å². The number of amides is 9. The number of nitrogens with two attached hydrogens (primary N) is 1. The molecule has 0 saturated carbocycles. The first kappa shape index (κ1) is 50.8. The number of carbonyl (C=O) groups excluding carboxylic acids is 9. The highest BCUT2D eigenvalue weighted by molar-refractivity contribution is 8.76. The van der Waals surface area contributed by atoms with Gasteiger partial charge in [-0.05, 0) is 45.4 Å². The van der Waals surface area contributed by atoms with Gasteiger partial charge in [-0.25, -0.2) is 4.79 Å². The molecule has 334 valence electrons. The molecule has 0 aromatic rings. The maximum atomic E-state index is 14.4. The zero-order valence-electron chi connectivity index (χ0n) is 36.0. The molecule has 59 heavy (non-hydrogen) atoms. The van der Waals surface area contributed by atoms with Crippen LogP contribution >= 0.6 is 21.6 Å². The second-order valence-electron chi connectivity index (χ2n) is 16.5. The fraction of sp³-hybridized carbons (Fsp3) is 0.757. The van der Waals surface area contributed by atoms with Crippen LogP contribution in [0.15, 0.2) is 0 Å². The van der Waals surface area contributed by atoms with E-state index in [9.17, 15) is 43.2 Å². The number of likely N-dealkylation sites (N-methyl/N-ethyl adjacent to an activating group) is 4. The van der Waals surface area contributed by atoms with E-state index >= 15 is 0 Å². The zero-order chi connectivity index (χ0) is 44.9. The minimum atomic E-state index is -1.45. The standard InChI is InChI=1S/C37H64N10O10S2/c1-20(2)12-24-32(52)39-14-22(38)30(50)41-16-28(48)44(8)26-18-58-59-19-27(34(54)46(24)10)45(9)29(49)17-42-31(51)23(43-36(56)57-37(5,6)7)15-40-33(53)25(13-21(3)4)47(11)35(26)55/h20-27H,12-19,38H2,1-11H3,(H,39,52)(H,40,53)(H,41,50)(H,42,51)(H,43,56)/t22-,23-,24+,25+,26+,27+/m1/s1. The van der Waals surface area contributed by atoms with Crippen molar-refractivity contribution in [1.82, 2.24) is 46.2 Å². The number of ether oxygens (including phenoxy) is 1. The lowest BCUT2D eigenvalue weighted by Gasteiger charge is -2.36. The van der Waals surface area contributed by atoms with Gasteiger partial charge in [0, 0.05) is 52.8 Å². The highest BCUT2D eigenvalue weighted by atomic mass is 33.1. The third-order valence-electron chi connectivity index (χ3n) is 9.60. The summed E-state index contributed by atoms with van der Waals surface area (Å²) in [7, 11) is 7.89. The summed E-state index contributed by atoms with van der Waals surface area (Å²) in [6.45, 7) is 10.4. The van der Waals surface area contributed by atoms with Crippen LogP contribution in [0, 0.1) is 11.8 Å². The number of nitrogens with one attached hydrogen (secondary N) is 5. The van der Waals surface area contributed by atoms with Crippen molar-refractivity contribution < 1.29 is 47.9 Å². The van der Waals surface area contributed by atoms with Gasteiger partial charge in [0.05, 0.1) is 13.1 Å². The van der Waals surface area contributed by atoms with Gasteiger partial charge in [-0.15, -0.1) is 0 Å². The topological polar surface area (TPSA) is 262 Å². The minimum absolute atomic E-state index is 0.0374. The van der Waals surface area contributed by atoms with Gasteiger partial charge in [0.25, 0.3) is 0 Å². The van der Waals surface area contributed by atoms with Gasteiger partial charge in [-0.1, -0.05) is 49.3 Å². The Bertz CT molecular complexity index is 1560. The molecule has 20 nitrogen and oxygen atoms in total. The van der Waals surface area contributed by atoms with Crippen LogP contribution in [-0.4, -0.2) is 181 Å². The Balaban J connectivity index is 2.75. The van der Waals surface area contributed by atoms with E-state index in [0.717, 1.165) is 31.4 Å². The molecule has 0 unspecified atom stereocenters. The summed E-state index contributed by atoms with van der Waals surface area (Å²) in [5.41, 5.74) is 5.14. The van der Waals surface area contributed by atoms with Crippen molar-refractivity contribution in [3.05, 3.63) is 0 Å². The molecule has 0 aliphatic carbocycles. The Labute approximate surface area is 354 Å². The molecule has 2 aliphatic heterocycles. The molecule has 2 rings (SSSR count). The van der Waals surface area contributed by atoms with E-state index in [0.29, 0.717) is 0 Å². The Morgan fingerprint density at radius 3 is 1.49 bits per heavy atom. The predicted molar refractivity (Wildman–Crippen MR) is 223 cm³/mol. The fourth-order valence-electron chi connectivity index (χ4n) is 6.05. The monoisotopic (exact) mass is 872 g/mol. The van der Waals surface area contributed by atoms with Gasteiger partial charge in [-0.3, -0.25) is 38.4 Å². The van der Waals surface area contributed by atoms with Crippen LogP contribution in [0.2, 0.25) is 0 Å². The first-order chi connectivity index (χ1) is 27.4. The molecule has 7 N–H and O–H groups in total. The summed E-state index contributed by atoms with van der Waals surface area (Å²) in [5.74, 6) is -5.67. The number of rotatable bonds is 5. The molecule has 0 aromatic heterocycles. The lowest BCUT2D eigenvalue weighted by atomic mass is 10.0. The second-order valence-corrected chi connectivity index (χ2v) is 19.1. The Morgan fingerprint density at radius 2 is 1.08 bits per heavy atom. The largest absolute Gasteiger partial charge is 0.444 e. The number of hydrogen-bond acceptors (Lipinski definition) is 13. The smallest absolute Gasteiger partial charge is 0.408 e. The van der Waals surface area contributed by atoms with E-state index in [4.69, 9.17) is 10.5 Å². The van der Waals surface area contributed by atoms with Crippen molar-refractivity contribution >= 4 is 74.9 Å². The van der Waals surface area contributed by atoms with Gasteiger partial charge in [0.15, 0.2) is 0 Å². The van der Waals surface area contributed by atoms with Crippen LogP contribution in [0.3, 0.4) is 0 Å². The number of fused-ring (bicyclic) bond motifs is 5. The van der Waals surface area contributed by atoms with E-state index in [1.165, 1.54) is 38.0 Å². The Morgan fingerprint density at radius 1 is 0.678 bits per heavy atom. The summed E-state index contributed by atoms with van der Waals surface area (Å²) >= 11 is 0. The van der Waals surface area contributed by atoms with Crippen LogP contribution in [0.1, 0.15) is 61.3 Å². The second kappa shape index (κ2) is 22.9. The molecule has 2 aliphatic rings. The molecule has 0 spiro atoms. The van der Waals surface area contributed by atoms with Crippen molar-refractivity contribution in [2.24, 2.45) is 17.6 Å². The van der Waals surface area contributed by atoms with E-state index in [-0.39, 0.29) is 42.7 Å². The van der Waals surface area contributed by atoms with E-state index in [1.54, 1.807) is 20.8 Å². The van der Waals surface area contributed by atoms with Crippen LogP contribution in [0.5, 0.6) is 0 Å². The molecule has 6 atom stereocenters. The molecular formula is C37H64N10O10S2. The van der Waals surface area contributed by atoms with Crippen molar-refractivity contribution in [2.45, 2.75) is 103 Å². The molecule has 2 saturated heterocycles. The lowest BCUT2D eigenvalue weighted by Crippen LogP contribution is -2.60. The normalized spacial score (nSPS) is 26.3. The van der Waals surface area contributed by atoms with Crippen molar-refractivity contribution in [1.29, 1.82) is 0 Å². The number of carbonyl (C=O) groups is 9. The summed E-state index contributed by atoms with van der Waals surface area (Å²) in [4.78, 5) is 128. The number of nitrogens with zero attached hydrogens (tertiary/aromatic N) is 4. The van der Waals surface area contributed by atoms with Gasteiger partial charge < -0.3 is 56.7 Å². The summed E-state index contributed by atoms with van der Waals surface area (Å²) in [5, 5.41) is 12.7. The minimum Gasteiger partial charge on any atom is -0.444 e. The molecule has 0 aromatic carbocycles. The highest BCUT2D eigenvalue weighted by Gasteiger charge is 2.39. The average molecular weight is 873 g/mol. The molecule has 2 fully saturated rings.